The van der Waals surface area contributed by atoms with E-state index in [4.69, 9.17) is 10.4 Å². The SMILES string of the molecule is CCC(CC#N)NS(=O)(=O)c1ccc(CCC(=O)O)cc1. The molecule has 0 saturated carbocycles. The molecule has 1 atom stereocenters. The maximum atomic E-state index is 12.1. The number of benzene rings is 1. The minimum absolute atomic E-state index is 0.00439. The van der Waals surface area contributed by atoms with Crippen LogP contribution in [0.1, 0.15) is 31.7 Å². The molecule has 0 aromatic heterocycles. The highest BCUT2D eigenvalue weighted by molar-refractivity contribution is 7.89. The summed E-state index contributed by atoms with van der Waals surface area (Å²) in [5, 5.41) is 17.2. The highest BCUT2D eigenvalue weighted by atomic mass is 32.2. The molecule has 2 N–H and O–H groups in total. The molecule has 1 unspecified atom stereocenters. The minimum atomic E-state index is -3.66. The first kappa shape index (κ1) is 17.1. The van der Waals surface area contributed by atoms with Crippen LogP contribution in [0.15, 0.2) is 29.2 Å². The third-order valence-electron chi connectivity index (χ3n) is 3.01. The topological polar surface area (TPSA) is 107 Å². The van der Waals surface area contributed by atoms with E-state index in [1.807, 2.05) is 6.07 Å². The molecule has 0 amide bonds. The third kappa shape index (κ3) is 5.53. The normalized spacial score (nSPS) is 12.6. The van der Waals surface area contributed by atoms with Crippen LogP contribution in [-0.2, 0) is 21.2 Å². The van der Waals surface area contributed by atoms with Crippen LogP contribution in [-0.4, -0.2) is 25.5 Å². The number of hydrogen-bond donors (Lipinski definition) is 2. The first-order valence-corrected chi connectivity index (χ1v) is 8.07. The number of nitriles is 1. The number of aryl methyl sites for hydroxylation is 1. The van der Waals surface area contributed by atoms with E-state index in [-0.39, 0.29) is 17.7 Å². The molecule has 1 aromatic rings. The van der Waals surface area contributed by atoms with Crippen molar-refractivity contribution in [3.05, 3.63) is 29.8 Å². The Balaban J connectivity index is 2.80. The summed E-state index contributed by atoms with van der Waals surface area (Å²) in [6.07, 6.45) is 1.01. The van der Waals surface area contributed by atoms with Gasteiger partial charge in [-0.1, -0.05) is 19.1 Å². The van der Waals surface area contributed by atoms with Crippen LogP contribution >= 0.6 is 0 Å². The van der Waals surface area contributed by atoms with Crippen molar-refractivity contribution in [2.24, 2.45) is 0 Å². The van der Waals surface area contributed by atoms with Gasteiger partial charge in [-0.05, 0) is 30.5 Å². The fraction of sp³-hybridized carbons (Fsp3) is 0.429. The molecular weight excluding hydrogens is 292 g/mol. The van der Waals surface area contributed by atoms with Gasteiger partial charge in [0.15, 0.2) is 0 Å². The van der Waals surface area contributed by atoms with E-state index in [2.05, 4.69) is 4.72 Å². The van der Waals surface area contributed by atoms with Crippen molar-refractivity contribution in [1.29, 1.82) is 5.26 Å². The number of carboxylic acids is 1. The zero-order valence-electron chi connectivity index (χ0n) is 11.7. The lowest BCUT2D eigenvalue weighted by molar-refractivity contribution is -0.136. The first-order valence-electron chi connectivity index (χ1n) is 6.59. The Morgan fingerprint density at radius 1 is 1.38 bits per heavy atom. The maximum absolute atomic E-state index is 12.1. The number of carboxylic acid groups (broad SMARTS) is 1. The molecule has 0 aliphatic rings. The molecule has 0 spiro atoms. The number of sulfonamides is 1. The van der Waals surface area contributed by atoms with Crippen LogP contribution in [0.25, 0.3) is 0 Å². The van der Waals surface area contributed by atoms with Gasteiger partial charge < -0.3 is 5.11 Å². The van der Waals surface area contributed by atoms with Crippen LogP contribution < -0.4 is 4.72 Å². The van der Waals surface area contributed by atoms with Crippen LogP contribution in [0, 0.1) is 11.3 Å². The van der Waals surface area contributed by atoms with Crippen LogP contribution in [0.4, 0.5) is 0 Å². The second kappa shape index (κ2) is 7.76. The van der Waals surface area contributed by atoms with Gasteiger partial charge in [-0.25, -0.2) is 13.1 Å². The largest absolute Gasteiger partial charge is 0.481 e. The molecule has 114 valence electrons. The highest BCUT2D eigenvalue weighted by Gasteiger charge is 2.18. The fourth-order valence-electron chi connectivity index (χ4n) is 1.75. The summed E-state index contributed by atoms with van der Waals surface area (Å²) in [5.41, 5.74) is 0.764. The highest BCUT2D eigenvalue weighted by Crippen LogP contribution is 2.13. The van der Waals surface area contributed by atoms with Gasteiger partial charge in [0.1, 0.15) is 0 Å². The lowest BCUT2D eigenvalue weighted by Crippen LogP contribution is -2.34. The zero-order chi connectivity index (χ0) is 15.9. The molecule has 1 rings (SSSR count). The molecular formula is C14H18N2O4S. The first-order chi connectivity index (χ1) is 9.89. The summed E-state index contributed by atoms with van der Waals surface area (Å²) >= 11 is 0. The van der Waals surface area contributed by atoms with E-state index < -0.39 is 22.0 Å². The van der Waals surface area contributed by atoms with E-state index >= 15 is 0 Å². The Hall–Kier alpha value is -1.91. The Morgan fingerprint density at radius 3 is 2.48 bits per heavy atom. The summed E-state index contributed by atoms with van der Waals surface area (Å²) in [5.74, 6) is -0.893. The van der Waals surface area contributed by atoms with Crippen LogP contribution in [0.2, 0.25) is 0 Å². The van der Waals surface area contributed by atoms with Crippen molar-refractivity contribution < 1.29 is 18.3 Å². The van der Waals surface area contributed by atoms with Crippen molar-refractivity contribution in [2.45, 2.75) is 43.5 Å². The van der Waals surface area contributed by atoms with Crippen LogP contribution in [0.3, 0.4) is 0 Å². The molecule has 0 fully saturated rings. The van der Waals surface area contributed by atoms with Crippen molar-refractivity contribution in [1.82, 2.24) is 4.72 Å². The Morgan fingerprint density at radius 2 is 2.00 bits per heavy atom. The van der Waals surface area contributed by atoms with Crippen molar-refractivity contribution in [3.63, 3.8) is 0 Å². The molecule has 0 aliphatic heterocycles. The van der Waals surface area contributed by atoms with Gasteiger partial charge in [0.25, 0.3) is 0 Å². The van der Waals surface area contributed by atoms with E-state index in [9.17, 15) is 13.2 Å². The predicted octanol–water partition coefficient (Wildman–Crippen LogP) is 1.67. The fourth-order valence-corrected chi connectivity index (χ4v) is 3.07. The van der Waals surface area contributed by atoms with Gasteiger partial charge in [0.05, 0.1) is 17.4 Å². The molecule has 0 bridgehead atoms. The van der Waals surface area contributed by atoms with Gasteiger partial charge in [0, 0.05) is 12.5 Å². The van der Waals surface area contributed by atoms with Gasteiger partial charge in [0.2, 0.25) is 10.0 Å². The van der Waals surface area contributed by atoms with Crippen LogP contribution in [0.5, 0.6) is 0 Å². The lowest BCUT2D eigenvalue weighted by Gasteiger charge is -2.14. The summed E-state index contributed by atoms with van der Waals surface area (Å²) in [7, 11) is -3.66. The van der Waals surface area contributed by atoms with E-state index in [0.29, 0.717) is 12.8 Å². The Labute approximate surface area is 124 Å². The van der Waals surface area contributed by atoms with E-state index in [1.165, 1.54) is 12.1 Å². The number of rotatable bonds is 8. The standard InChI is InChI=1S/C14H18N2O4S/c1-2-12(9-10-15)16-21(19,20)13-6-3-11(4-7-13)5-8-14(17)18/h3-4,6-7,12,16H,2,5,8-9H2,1H3,(H,17,18). The molecule has 0 saturated heterocycles. The number of aliphatic carboxylic acids is 1. The molecule has 7 heteroatoms. The third-order valence-corrected chi connectivity index (χ3v) is 4.55. The number of nitrogens with zero attached hydrogens (tertiary/aromatic N) is 1. The number of carbonyl (C=O) groups is 1. The van der Waals surface area contributed by atoms with Gasteiger partial charge >= 0.3 is 5.97 Å². The minimum Gasteiger partial charge on any atom is -0.481 e. The maximum Gasteiger partial charge on any atom is 0.303 e. The molecule has 0 radical (unpaired) electrons. The summed E-state index contributed by atoms with van der Waals surface area (Å²) < 4.78 is 26.8. The second-order valence-corrected chi connectivity index (χ2v) is 6.34. The van der Waals surface area contributed by atoms with Gasteiger partial charge in [-0.3, -0.25) is 4.79 Å². The molecule has 0 heterocycles. The van der Waals surface area contributed by atoms with Gasteiger partial charge in [-0.2, -0.15) is 5.26 Å². The number of hydrogen-bond acceptors (Lipinski definition) is 4. The van der Waals surface area contributed by atoms with Crippen molar-refractivity contribution >= 4 is 16.0 Å². The lowest BCUT2D eigenvalue weighted by atomic mass is 10.1. The summed E-state index contributed by atoms with van der Waals surface area (Å²) in [6, 6.07) is 7.62. The average molecular weight is 310 g/mol. The molecule has 6 nitrogen and oxygen atoms in total. The van der Waals surface area contributed by atoms with Gasteiger partial charge in [-0.15, -0.1) is 0 Å². The predicted molar refractivity (Wildman–Crippen MR) is 77.0 cm³/mol. The molecule has 21 heavy (non-hydrogen) atoms. The second-order valence-electron chi connectivity index (χ2n) is 4.63. The molecule has 1 aromatic carbocycles. The average Bonchev–Trinajstić information content (AvgIpc) is 2.45. The summed E-state index contributed by atoms with van der Waals surface area (Å²) in [4.78, 5) is 10.6. The smallest absolute Gasteiger partial charge is 0.303 e. The zero-order valence-corrected chi connectivity index (χ0v) is 12.6. The Bertz CT molecular complexity index is 617. The van der Waals surface area contributed by atoms with Crippen molar-refractivity contribution in [3.8, 4) is 6.07 Å². The monoisotopic (exact) mass is 310 g/mol. The quantitative estimate of drug-likeness (QED) is 0.759. The summed E-state index contributed by atoms with van der Waals surface area (Å²) in [6.45, 7) is 1.81. The number of nitrogens with one attached hydrogen (secondary N) is 1. The van der Waals surface area contributed by atoms with Crippen molar-refractivity contribution in [2.75, 3.05) is 0 Å². The van der Waals surface area contributed by atoms with E-state index in [0.717, 1.165) is 5.56 Å². The Kier molecular flexibility index (Phi) is 6.34. The van der Waals surface area contributed by atoms with E-state index in [1.54, 1.807) is 19.1 Å². The molecule has 0 aliphatic carbocycles.